The number of unbranched alkanes of at least 4 members (excludes halogenated alkanes) is 43. The first-order chi connectivity index (χ1) is 38.4. The van der Waals surface area contributed by atoms with Crippen LogP contribution in [0.3, 0.4) is 0 Å². The van der Waals surface area contributed by atoms with Gasteiger partial charge < -0.3 is 19.4 Å². The Kier molecular flexibility index (Phi) is 58.1. The van der Waals surface area contributed by atoms with Crippen molar-refractivity contribution >= 4 is 19.7 Å². The van der Waals surface area contributed by atoms with Crippen molar-refractivity contribution in [3.05, 3.63) is 36.5 Å². The van der Waals surface area contributed by atoms with Crippen molar-refractivity contribution in [2.45, 2.75) is 354 Å². The fourth-order valence-corrected chi connectivity index (χ4v) is 11.0. The molecule has 0 saturated heterocycles. The van der Waals surface area contributed by atoms with Gasteiger partial charge >= 0.3 is 13.8 Å². The number of amides is 1. The van der Waals surface area contributed by atoms with E-state index in [0.717, 1.165) is 64.2 Å². The first kappa shape index (κ1) is 77.2. The van der Waals surface area contributed by atoms with Crippen LogP contribution in [0.5, 0.6) is 0 Å². The zero-order valence-electron chi connectivity index (χ0n) is 53.4. The molecule has 0 heterocycles. The van der Waals surface area contributed by atoms with Gasteiger partial charge in [-0.2, -0.15) is 0 Å². The van der Waals surface area contributed by atoms with E-state index >= 15 is 0 Å². The summed E-state index contributed by atoms with van der Waals surface area (Å²) < 4.78 is 30.8. The molecule has 0 aliphatic rings. The molecule has 466 valence electrons. The van der Waals surface area contributed by atoms with Crippen LogP contribution in [-0.4, -0.2) is 74.3 Å². The molecule has 0 aliphatic carbocycles. The molecule has 1 amide bonds. The highest BCUT2D eigenvalue weighted by Gasteiger charge is 2.30. The van der Waals surface area contributed by atoms with Gasteiger partial charge in [0.15, 0.2) is 0 Å². The molecular weight excluding hydrogens is 1000 g/mol. The minimum Gasteiger partial charge on any atom is -0.456 e. The summed E-state index contributed by atoms with van der Waals surface area (Å²) in [5.41, 5.74) is 0. The lowest BCUT2D eigenvalue weighted by Crippen LogP contribution is -2.47. The number of nitrogens with one attached hydrogen (secondary N) is 1. The van der Waals surface area contributed by atoms with Gasteiger partial charge in [0.25, 0.3) is 0 Å². The van der Waals surface area contributed by atoms with Gasteiger partial charge in [0.05, 0.1) is 33.8 Å². The van der Waals surface area contributed by atoms with Crippen molar-refractivity contribution in [2.24, 2.45) is 0 Å². The summed E-state index contributed by atoms with van der Waals surface area (Å²) in [5.74, 6) is -0.486. The minimum atomic E-state index is -4.44. The summed E-state index contributed by atoms with van der Waals surface area (Å²) in [5, 5.41) is 3.07. The maximum atomic E-state index is 13.5. The van der Waals surface area contributed by atoms with E-state index in [0.29, 0.717) is 23.9 Å². The van der Waals surface area contributed by atoms with Crippen LogP contribution in [0, 0.1) is 0 Å². The van der Waals surface area contributed by atoms with Gasteiger partial charge in [-0.3, -0.25) is 18.6 Å². The van der Waals surface area contributed by atoms with Gasteiger partial charge in [-0.1, -0.05) is 302 Å². The summed E-state index contributed by atoms with van der Waals surface area (Å²) in [6, 6.07) is -0.843. The van der Waals surface area contributed by atoms with Crippen LogP contribution in [0.2, 0.25) is 0 Å². The quantitative estimate of drug-likeness (QED) is 0.0205. The first-order valence-corrected chi connectivity index (χ1v) is 35.8. The molecule has 0 radical (unpaired) electrons. The predicted molar refractivity (Wildman–Crippen MR) is 342 cm³/mol. The summed E-state index contributed by atoms with van der Waals surface area (Å²) in [6.45, 7) is 7.04. The number of carbonyl (C=O) groups excluding carboxylic acids is 2. The molecule has 3 atom stereocenters. The van der Waals surface area contributed by atoms with E-state index in [1.807, 2.05) is 33.3 Å². The SMILES string of the molecule is CCCCC/C=C\C/C=C\CCCCCCCCCCCCCCCCCCCC(=O)OC(/C=C\CCCCCCCCCCCCC)C(COP(=O)(O)OCC[N+](C)(C)C)NC(=O)CCCCCCCCCCCCCCC. The summed E-state index contributed by atoms with van der Waals surface area (Å²) >= 11 is 0. The Labute approximate surface area is 491 Å². The molecule has 10 heteroatoms. The number of ether oxygens (including phenoxy) is 1. The van der Waals surface area contributed by atoms with E-state index in [2.05, 4.69) is 50.4 Å². The Balaban J connectivity index is 4.99. The minimum absolute atomic E-state index is 0.0438. The number of phosphoric ester groups is 1. The van der Waals surface area contributed by atoms with Gasteiger partial charge in [-0.05, 0) is 63.9 Å². The maximum Gasteiger partial charge on any atom is 0.472 e. The lowest BCUT2D eigenvalue weighted by atomic mass is 10.0. The Hall–Kier alpha value is -1.77. The average molecular weight is 1130 g/mol. The summed E-state index contributed by atoms with van der Waals surface area (Å²) in [4.78, 5) is 37.8. The third kappa shape index (κ3) is 60.6. The van der Waals surface area contributed by atoms with Crippen molar-refractivity contribution in [1.82, 2.24) is 5.32 Å². The molecular formula is C69H134N2O7P+. The number of nitrogens with zero attached hydrogens (tertiary/aromatic N) is 1. The largest absolute Gasteiger partial charge is 0.472 e. The second-order valence-corrected chi connectivity index (χ2v) is 26.2. The number of esters is 1. The molecule has 0 aromatic carbocycles. The van der Waals surface area contributed by atoms with Gasteiger partial charge in [0.1, 0.15) is 19.3 Å². The zero-order chi connectivity index (χ0) is 57.9. The first-order valence-electron chi connectivity index (χ1n) is 34.3. The van der Waals surface area contributed by atoms with Crippen molar-refractivity contribution in [3.63, 3.8) is 0 Å². The van der Waals surface area contributed by atoms with Crippen LogP contribution in [0.15, 0.2) is 36.5 Å². The average Bonchev–Trinajstić information content (AvgIpc) is 3.41. The number of rotatable bonds is 63. The van der Waals surface area contributed by atoms with Crippen LogP contribution in [0.25, 0.3) is 0 Å². The fourth-order valence-electron chi connectivity index (χ4n) is 10.3. The fraction of sp³-hybridized carbons (Fsp3) is 0.884. The molecule has 9 nitrogen and oxygen atoms in total. The van der Waals surface area contributed by atoms with Gasteiger partial charge in [-0.25, -0.2) is 4.57 Å². The number of phosphoric acid groups is 1. The third-order valence-electron chi connectivity index (χ3n) is 15.6. The van der Waals surface area contributed by atoms with Crippen LogP contribution in [0.4, 0.5) is 0 Å². The monoisotopic (exact) mass is 1130 g/mol. The molecule has 0 bridgehead atoms. The Morgan fingerprint density at radius 1 is 0.443 bits per heavy atom. The number of likely N-dealkylation sites (N-methyl/N-ethyl adjacent to an activating group) is 1. The molecule has 0 fully saturated rings. The van der Waals surface area contributed by atoms with Crippen LogP contribution in [-0.2, 0) is 27.9 Å². The van der Waals surface area contributed by atoms with E-state index in [4.69, 9.17) is 13.8 Å². The predicted octanol–water partition coefficient (Wildman–Crippen LogP) is 21.5. The van der Waals surface area contributed by atoms with E-state index in [9.17, 15) is 19.0 Å². The van der Waals surface area contributed by atoms with Crippen molar-refractivity contribution in [2.75, 3.05) is 40.9 Å². The smallest absolute Gasteiger partial charge is 0.456 e. The topological polar surface area (TPSA) is 111 Å². The number of hydrogen-bond acceptors (Lipinski definition) is 6. The molecule has 0 aromatic rings. The zero-order valence-corrected chi connectivity index (χ0v) is 54.3. The third-order valence-corrected chi connectivity index (χ3v) is 16.6. The molecule has 0 aliphatic heterocycles. The van der Waals surface area contributed by atoms with Crippen LogP contribution < -0.4 is 5.32 Å². The normalized spacial score (nSPS) is 13.8. The van der Waals surface area contributed by atoms with Crippen LogP contribution in [0.1, 0.15) is 342 Å². The highest BCUT2D eigenvalue weighted by atomic mass is 31.2. The van der Waals surface area contributed by atoms with E-state index < -0.39 is 20.0 Å². The molecule has 2 N–H and O–H groups in total. The van der Waals surface area contributed by atoms with Crippen molar-refractivity contribution < 1.29 is 37.3 Å². The van der Waals surface area contributed by atoms with E-state index in [-0.39, 0.29) is 25.1 Å². The number of allylic oxidation sites excluding steroid dienone is 5. The highest BCUT2D eigenvalue weighted by Crippen LogP contribution is 2.43. The van der Waals surface area contributed by atoms with Crippen molar-refractivity contribution in [3.8, 4) is 0 Å². The maximum absolute atomic E-state index is 13.5. The molecule has 0 saturated carbocycles. The van der Waals surface area contributed by atoms with Gasteiger partial charge in [0, 0.05) is 12.8 Å². The second kappa shape index (κ2) is 59.4. The van der Waals surface area contributed by atoms with Crippen LogP contribution >= 0.6 is 7.82 Å². The van der Waals surface area contributed by atoms with Gasteiger partial charge in [0.2, 0.25) is 5.91 Å². The molecule has 79 heavy (non-hydrogen) atoms. The summed E-state index contributed by atoms with van der Waals surface area (Å²) in [6.07, 6.45) is 73.0. The lowest BCUT2D eigenvalue weighted by molar-refractivity contribution is -0.870. The Morgan fingerprint density at radius 3 is 1.16 bits per heavy atom. The molecule has 0 spiro atoms. The summed E-state index contributed by atoms with van der Waals surface area (Å²) in [7, 11) is 1.51. The molecule has 0 aromatic heterocycles. The lowest BCUT2D eigenvalue weighted by Gasteiger charge is -2.27. The molecule has 0 rings (SSSR count). The molecule has 3 unspecified atom stereocenters. The van der Waals surface area contributed by atoms with E-state index in [1.165, 1.54) is 244 Å². The number of quaternary nitrogens is 1. The van der Waals surface area contributed by atoms with E-state index in [1.54, 1.807) is 0 Å². The standard InChI is InChI=1S/C69H133N2O7P/c1-7-10-13-16-19-22-25-28-29-30-31-32-33-34-35-36-37-38-39-40-41-44-47-50-53-56-59-62-69(73)78-67(60-57-54-51-48-45-42-26-23-20-17-14-11-8-2)66(65-77-79(74,75)76-64-63-71(4,5)6)70-68(72)61-58-55-52-49-46-43-27-24-21-18-15-12-9-3/h19,22,28-29,57,60,66-67H,7-18,20-21,23-27,30-56,58-59,61-65H2,1-6H3,(H-,70,72,74,75)/p+1/b22-19-,29-28-,60-57-. The number of carbonyl (C=O) groups is 2. The Morgan fingerprint density at radius 2 is 0.772 bits per heavy atom. The Bertz CT molecular complexity index is 1450. The second-order valence-electron chi connectivity index (χ2n) is 24.7. The van der Waals surface area contributed by atoms with Gasteiger partial charge in [-0.15, -0.1) is 0 Å². The number of hydrogen-bond donors (Lipinski definition) is 2. The highest BCUT2D eigenvalue weighted by molar-refractivity contribution is 7.47. The van der Waals surface area contributed by atoms with Crippen molar-refractivity contribution in [1.29, 1.82) is 0 Å².